The summed E-state index contributed by atoms with van der Waals surface area (Å²) in [6, 6.07) is 2.35. The van der Waals surface area contributed by atoms with Crippen LogP contribution in [0.25, 0.3) is 0 Å². The van der Waals surface area contributed by atoms with Gasteiger partial charge in [0.25, 0.3) is 0 Å². The summed E-state index contributed by atoms with van der Waals surface area (Å²) < 4.78 is 0. The molecule has 3 nitrogen and oxygen atoms in total. The Kier molecular flexibility index (Phi) is 5.25. The SMILES string of the molecule is C[C@H]1CNCCN1C(=O)Cc1ccsc1.Cl. The van der Waals surface area contributed by atoms with Crippen molar-refractivity contribution in [2.75, 3.05) is 19.6 Å². The van der Waals surface area contributed by atoms with Gasteiger partial charge in [-0.25, -0.2) is 0 Å². The van der Waals surface area contributed by atoms with Crippen molar-refractivity contribution in [1.29, 1.82) is 0 Å². The lowest BCUT2D eigenvalue weighted by Crippen LogP contribution is -2.52. The molecule has 2 rings (SSSR count). The first kappa shape index (κ1) is 13.5. The standard InChI is InChI=1S/C11H16N2OS.ClH/c1-9-7-12-3-4-13(9)11(14)6-10-2-5-15-8-10;/h2,5,8-9,12H,3-4,6-7H2,1H3;1H/t9-;/m0./s1. The predicted octanol–water partition coefficient (Wildman–Crippen LogP) is 1.53. The molecule has 1 saturated heterocycles. The van der Waals surface area contributed by atoms with Crippen molar-refractivity contribution in [1.82, 2.24) is 10.2 Å². The van der Waals surface area contributed by atoms with Crippen LogP contribution in [-0.4, -0.2) is 36.5 Å². The summed E-state index contributed by atoms with van der Waals surface area (Å²) in [6.07, 6.45) is 0.549. The average molecular weight is 261 g/mol. The molecule has 1 aromatic heterocycles. The van der Waals surface area contributed by atoms with Crippen LogP contribution in [0.4, 0.5) is 0 Å². The van der Waals surface area contributed by atoms with E-state index in [-0.39, 0.29) is 18.3 Å². The van der Waals surface area contributed by atoms with Gasteiger partial charge in [-0.3, -0.25) is 4.79 Å². The number of nitrogens with one attached hydrogen (secondary N) is 1. The van der Waals surface area contributed by atoms with Crippen LogP contribution in [-0.2, 0) is 11.2 Å². The van der Waals surface area contributed by atoms with E-state index in [2.05, 4.69) is 12.2 Å². The first-order chi connectivity index (χ1) is 7.27. The van der Waals surface area contributed by atoms with E-state index in [1.807, 2.05) is 21.7 Å². The number of rotatable bonds is 2. The summed E-state index contributed by atoms with van der Waals surface area (Å²) in [5.74, 6) is 0.252. The maximum atomic E-state index is 12.0. The van der Waals surface area contributed by atoms with E-state index < -0.39 is 0 Å². The van der Waals surface area contributed by atoms with E-state index >= 15 is 0 Å². The van der Waals surface area contributed by atoms with Crippen LogP contribution in [0.5, 0.6) is 0 Å². The minimum atomic E-state index is 0. The fourth-order valence-corrected chi connectivity index (χ4v) is 2.55. The predicted molar refractivity (Wildman–Crippen MR) is 69.3 cm³/mol. The number of halogens is 1. The van der Waals surface area contributed by atoms with Crippen molar-refractivity contribution in [3.05, 3.63) is 22.4 Å². The number of piperazine rings is 1. The summed E-state index contributed by atoms with van der Waals surface area (Å²) in [7, 11) is 0. The molecule has 5 heteroatoms. The third-order valence-electron chi connectivity index (χ3n) is 2.76. The molecule has 0 radical (unpaired) electrons. The molecule has 1 N–H and O–H groups in total. The molecular weight excluding hydrogens is 244 g/mol. The van der Waals surface area contributed by atoms with E-state index in [0.29, 0.717) is 12.5 Å². The second-order valence-corrected chi connectivity index (χ2v) is 4.73. The summed E-state index contributed by atoms with van der Waals surface area (Å²) in [5.41, 5.74) is 1.13. The van der Waals surface area contributed by atoms with Crippen LogP contribution in [0.15, 0.2) is 16.8 Å². The Morgan fingerprint density at radius 1 is 1.69 bits per heavy atom. The van der Waals surface area contributed by atoms with Gasteiger partial charge in [0.1, 0.15) is 0 Å². The van der Waals surface area contributed by atoms with Crippen LogP contribution in [0.2, 0.25) is 0 Å². The molecule has 0 unspecified atom stereocenters. The molecule has 1 amide bonds. The monoisotopic (exact) mass is 260 g/mol. The maximum Gasteiger partial charge on any atom is 0.227 e. The van der Waals surface area contributed by atoms with Gasteiger partial charge < -0.3 is 10.2 Å². The molecular formula is C11H17ClN2OS. The number of carbonyl (C=O) groups is 1. The van der Waals surface area contributed by atoms with Crippen LogP contribution in [0.3, 0.4) is 0 Å². The lowest BCUT2D eigenvalue weighted by atomic mass is 10.1. The van der Waals surface area contributed by atoms with Gasteiger partial charge in [-0.05, 0) is 29.3 Å². The largest absolute Gasteiger partial charge is 0.337 e. The topological polar surface area (TPSA) is 32.3 Å². The van der Waals surface area contributed by atoms with Crippen molar-refractivity contribution in [3.63, 3.8) is 0 Å². The van der Waals surface area contributed by atoms with Gasteiger partial charge in [-0.2, -0.15) is 11.3 Å². The fourth-order valence-electron chi connectivity index (χ4n) is 1.88. The van der Waals surface area contributed by atoms with Crippen molar-refractivity contribution < 1.29 is 4.79 Å². The molecule has 0 spiro atoms. The first-order valence-corrected chi connectivity index (χ1v) is 6.23. The number of carbonyl (C=O) groups excluding carboxylic acids is 1. The minimum Gasteiger partial charge on any atom is -0.337 e. The smallest absolute Gasteiger partial charge is 0.227 e. The molecule has 1 aliphatic rings. The van der Waals surface area contributed by atoms with Gasteiger partial charge >= 0.3 is 0 Å². The minimum absolute atomic E-state index is 0. The quantitative estimate of drug-likeness (QED) is 0.875. The highest BCUT2D eigenvalue weighted by Crippen LogP contribution is 2.10. The highest BCUT2D eigenvalue weighted by Gasteiger charge is 2.22. The van der Waals surface area contributed by atoms with Crippen molar-refractivity contribution >= 4 is 29.7 Å². The zero-order valence-electron chi connectivity index (χ0n) is 9.31. The normalized spacial score (nSPS) is 20.3. The number of thiophene rings is 1. The molecule has 1 atom stereocenters. The third kappa shape index (κ3) is 3.20. The summed E-state index contributed by atoms with van der Waals surface area (Å²) in [5, 5.41) is 7.35. The number of amides is 1. The molecule has 2 heterocycles. The molecule has 0 aromatic carbocycles. The van der Waals surface area contributed by atoms with E-state index in [1.165, 1.54) is 0 Å². The first-order valence-electron chi connectivity index (χ1n) is 5.28. The van der Waals surface area contributed by atoms with Crippen LogP contribution < -0.4 is 5.32 Å². The molecule has 0 bridgehead atoms. The molecule has 1 aromatic rings. The lowest BCUT2D eigenvalue weighted by Gasteiger charge is -2.34. The second-order valence-electron chi connectivity index (χ2n) is 3.95. The van der Waals surface area contributed by atoms with Gasteiger partial charge in [0.15, 0.2) is 0 Å². The van der Waals surface area contributed by atoms with Crippen molar-refractivity contribution in [3.8, 4) is 0 Å². The maximum absolute atomic E-state index is 12.0. The average Bonchev–Trinajstić information content (AvgIpc) is 2.71. The molecule has 0 saturated carbocycles. The molecule has 90 valence electrons. The highest BCUT2D eigenvalue weighted by atomic mass is 35.5. The van der Waals surface area contributed by atoms with Crippen LogP contribution in [0, 0.1) is 0 Å². The molecule has 16 heavy (non-hydrogen) atoms. The molecule has 0 aliphatic carbocycles. The van der Waals surface area contributed by atoms with E-state index in [0.717, 1.165) is 25.2 Å². The zero-order valence-corrected chi connectivity index (χ0v) is 10.9. The fraction of sp³-hybridized carbons (Fsp3) is 0.545. The second kappa shape index (κ2) is 6.23. The third-order valence-corrected chi connectivity index (χ3v) is 3.49. The Bertz CT molecular complexity index is 329. The van der Waals surface area contributed by atoms with E-state index in [4.69, 9.17) is 0 Å². The zero-order chi connectivity index (χ0) is 10.7. The van der Waals surface area contributed by atoms with Gasteiger partial charge in [-0.1, -0.05) is 0 Å². The van der Waals surface area contributed by atoms with Gasteiger partial charge in [0, 0.05) is 25.7 Å². The highest BCUT2D eigenvalue weighted by molar-refractivity contribution is 7.07. The molecule has 1 aliphatic heterocycles. The number of hydrogen-bond donors (Lipinski definition) is 1. The lowest BCUT2D eigenvalue weighted by molar-refractivity contribution is -0.133. The van der Waals surface area contributed by atoms with E-state index in [1.54, 1.807) is 11.3 Å². The Labute approximate surface area is 106 Å². The van der Waals surface area contributed by atoms with Gasteiger partial charge in [0.05, 0.1) is 6.42 Å². The van der Waals surface area contributed by atoms with Crippen LogP contribution in [0.1, 0.15) is 12.5 Å². The summed E-state index contributed by atoms with van der Waals surface area (Å²) >= 11 is 1.65. The Morgan fingerprint density at radius 2 is 2.50 bits per heavy atom. The van der Waals surface area contributed by atoms with Crippen molar-refractivity contribution in [2.24, 2.45) is 0 Å². The number of nitrogens with zero attached hydrogens (tertiary/aromatic N) is 1. The summed E-state index contributed by atoms with van der Waals surface area (Å²) in [4.78, 5) is 14.0. The Balaban J connectivity index is 0.00000128. The molecule has 1 fully saturated rings. The Morgan fingerprint density at radius 3 is 3.12 bits per heavy atom. The Hall–Kier alpha value is -0.580. The van der Waals surface area contributed by atoms with E-state index in [9.17, 15) is 4.79 Å². The summed E-state index contributed by atoms with van der Waals surface area (Å²) in [6.45, 7) is 4.76. The van der Waals surface area contributed by atoms with Gasteiger partial charge in [0.2, 0.25) is 5.91 Å². The van der Waals surface area contributed by atoms with Crippen LogP contribution >= 0.6 is 23.7 Å². The van der Waals surface area contributed by atoms with Crippen molar-refractivity contribution in [2.45, 2.75) is 19.4 Å². The van der Waals surface area contributed by atoms with Gasteiger partial charge in [-0.15, -0.1) is 12.4 Å². The number of hydrogen-bond acceptors (Lipinski definition) is 3.